The van der Waals surface area contributed by atoms with Gasteiger partial charge in [0.25, 0.3) is 0 Å². The fraction of sp³-hybridized carbons (Fsp3) is 0.462. The number of nitrogens with zero attached hydrogens (tertiary/aromatic N) is 1. The van der Waals surface area contributed by atoms with E-state index in [-0.39, 0.29) is 6.09 Å². The average Bonchev–Trinajstić information content (AvgIpc) is 2.18. The minimum absolute atomic E-state index is 0.389. The molecule has 0 atom stereocenters. The van der Waals surface area contributed by atoms with Crippen LogP contribution < -0.4 is 5.32 Å². The van der Waals surface area contributed by atoms with E-state index in [2.05, 4.69) is 11.9 Å². The highest BCUT2D eigenvalue weighted by Crippen LogP contribution is 2.09. The van der Waals surface area contributed by atoms with Gasteiger partial charge in [0.2, 0.25) is 0 Å². The van der Waals surface area contributed by atoms with Gasteiger partial charge in [0.15, 0.2) is 0 Å². The van der Waals surface area contributed by atoms with E-state index in [9.17, 15) is 4.79 Å². The lowest BCUT2D eigenvalue weighted by atomic mass is 10.2. The topological polar surface area (TPSA) is 41.6 Å². The van der Waals surface area contributed by atoms with Crippen LogP contribution in [0.15, 0.2) is 36.7 Å². The monoisotopic (exact) mass is 236 g/mol. The summed E-state index contributed by atoms with van der Waals surface area (Å²) < 4.78 is 5.13. The second-order valence-corrected chi connectivity index (χ2v) is 4.81. The second kappa shape index (κ2) is 5.57. The predicted molar refractivity (Wildman–Crippen MR) is 68.4 cm³/mol. The van der Waals surface area contributed by atoms with Crippen LogP contribution in [0.4, 0.5) is 4.79 Å². The first kappa shape index (κ1) is 13.4. The van der Waals surface area contributed by atoms with E-state index in [0.29, 0.717) is 13.1 Å². The molecule has 4 heteroatoms. The minimum Gasteiger partial charge on any atom is -0.444 e. The molecule has 1 aliphatic heterocycles. The smallest absolute Gasteiger partial charge is 0.407 e. The summed E-state index contributed by atoms with van der Waals surface area (Å²) in [5, 5.41) is 2.71. The highest BCUT2D eigenvalue weighted by molar-refractivity contribution is 5.67. The van der Waals surface area contributed by atoms with Gasteiger partial charge in [-0.05, 0) is 32.9 Å². The Kier molecular flexibility index (Phi) is 4.37. The molecule has 0 aromatic carbocycles. The highest BCUT2D eigenvalue weighted by atomic mass is 16.6. The van der Waals surface area contributed by atoms with Crippen molar-refractivity contribution in [3.05, 3.63) is 36.7 Å². The van der Waals surface area contributed by atoms with Crippen molar-refractivity contribution in [3.8, 4) is 0 Å². The zero-order valence-corrected chi connectivity index (χ0v) is 10.7. The third-order valence-electron chi connectivity index (χ3n) is 2.06. The van der Waals surface area contributed by atoms with Crippen molar-refractivity contribution in [1.82, 2.24) is 10.2 Å². The molecule has 0 aliphatic carbocycles. The Morgan fingerprint density at radius 1 is 1.47 bits per heavy atom. The maximum atomic E-state index is 11.4. The maximum absolute atomic E-state index is 11.4. The summed E-state index contributed by atoms with van der Waals surface area (Å²) in [4.78, 5) is 13.3. The summed E-state index contributed by atoms with van der Waals surface area (Å²) in [6.45, 7) is 10.6. The molecular formula is C13H20N2O2. The molecule has 0 fully saturated rings. The Morgan fingerprint density at radius 3 is 2.76 bits per heavy atom. The van der Waals surface area contributed by atoms with E-state index in [1.165, 1.54) is 0 Å². The van der Waals surface area contributed by atoms with E-state index in [0.717, 1.165) is 5.70 Å². The van der Waals surface area contributed by atoms with Gasteiger partial charge in [0.1, 0.15) is 5.60 Å². The van der Waals surface area contributed by atoms with Crippen LogP contribution in [0.5, 0.6) is 0 Å². The molecule has 0 saturated carbocycles. The Bertz CT molecular complexity index is 351. The largest absolute Gasteiger partial charge is 0.444 e. The van der Waals surface area contributed by atoms with Crippen LogP contribution in [0.3, 0.4) is 0 Å². The summed E-state index contributed by atoms with van der Waals surface area (Å²) in [7, 11) is 0. The predicted octanol–water partition coefficient (Wildman–Crippen LogP) is 2.41. The molecular weight excluding hydrogens is 216 g/mol. The first-order valence-electron chi connectivity index (χ1n) is 5.66. The van der Waals surface area contributed by atoms with Crippen LogP contribution >= 0.6 is 0 Å². The molecule has 0 unspecified atom stereocenters. The Hall–Kier alpha value is -1.71. The minimum atomic E-state index is -0.457. The molecule has 0 saturated heterocycles. The summed E-state index contributed by atoms with van der Waals surface area (Å²) in [5.41, 5.74) is 0.458. The first-order valence-corrected chi connectivity index (χ1v) is 5.66. The molecule has 0 bridgehead atoms. The van der Waals surface area contributed by atoms with Gasteiger partial charge < -0.3 is 15.0 Å². The van der Waals surface area contributed by atoms with Crippen LogP contribution in [0, 0.1) is 0 Å². The molecule has 1 aliphatic rings. The van der Waals surface area contributed by atoms with Gasteiger partial charge in [-0.25, -0.2) is 4.79 Å². The summed E-state index contributed by atoms with van der Waals surface area (Å²) in [6, 6.07) is 0. The van der Waals surface area contributed by atoms with Crippen molar-refractivity contribution >= 4 is 6.09 Å². The van der Waals surface area contributed by atoms with Crippen molar-refractivity contribution < 1.29 is 9.53 Å². The summed E-state index contributed by atoms with van der Waals surface area (Å²) in [5.74, 6) is 0. The SMILES string of the molecule is C=C1C=CC=CN1CCNC(=O)OC(C)(C)C. The number of carbonyl (C=O) groups excluding carboxylic acids is 1. The molecule has 4 nitrogen and oxygen atoms in total. The van der Waals surface area contributed by atoms with Crippen molar-refractivity contribution in [2.75, 3.05) is 13.1 Å². The lowest BCUT2D eigenvalue weighted by molar-refractivity contribution is 0.0526. The van der Waals surface area contributed by atoms with Gasteiger partial charge in [0.05, 0.1) is 0 Å². The molecule has 0 aromatic rings. The summed E-state index contributed by atoms with van der Waals surface area (Å²) >= 11 is 0. The summed E-state index contributed by atoms with van der Waals surface area (Å²) in [6.07, 6.45) is 7.33. The third-order valence-corrected chi connectivity index (χ3v) is 2.06. The van der Waals surface area contributed by atoms with Crippen molar-refractivity contribution in [2.24, 2.45) is 0 Å². The van der Waals surface area contributed by atoms with E-state index in [1.807, 2.05) is 50.1 Å². The number of rotatable bonds is 3. The number of alkyl carbamates (subject to hydrolysis) is 1. The molecule has 1 heterocycles. The van der Waals surface area contributed by atoms with Gasteiger partial charge in [-0.15, -0.1) is 0 Å². The van der Waals surface area contributed by atoms with Crippen LogP contribution in [0.2, 0.25) is 0 Å². The molecule has 17 heavy (non-hydrogen) atoms. The number of amides is 1. The quantitative estimate of drug-likeness (QED) is 0.818. The van der Waals surface area contributed by atoms with Crippen LogP contribution in [-0.2, 0) is 4.74 Å². The van der Waals surface area contributed by atoms with Crippen LogP contribution in [0.25, 0.3) is 0 Å². The van der Waals surface area contributed by atoms with Gasteiger partial charge in [0, 0.05) is 25.0 Å². The first-order chi connectivity index (χ1) is 7.88. The number of hydrogen-bond donors (Lipinski definition) is 1. The fourth-order valence-corrected chi connectivity index (χ4v) is 1.32. The Labute approximate surface area is 103 Å². The fourth-order valence-electron chi connectivity index (χ4n) is 1.32. The van der Waals surface area contributed by atoms with Gasteiger partial charge in [-0.3, -0.25) is 0 Å². The van der Waals surface area contributed by atoms with Gasteiger partial charge in [-0.2, -0.15) is 0 Å². The lowest BCUT2D eigenvalue weighted by Crippen LogP contribution is -2.36. The maximum Gasteiger partial charge on any atom is 0.407 e. The van der Waals surface area contributed by atoms with E-state index < -0.39 is 5.60 Å². The molecule has 1 N–H and O–H groups in total. The van der Waals surface area contributed by atoms with Gasteiger partial charge >= 0.3 is 6.09 Å². The van der Waals surface area contributed by atoms with Gasteiger partial charge in [-0.1, -0.05) is 12.7 Å². The zero-order chi connectivity index (χ0) is 12.9. The Balaban J connectivity index is 2.24. The lowest BCUT2D eigenvalue weighted by Gasteiger charge is -2.24. The van der Waals surface area contributed by atoms with Crippen LogP contribution in [-0.4, -0.2) is 29.7 Å². The van der Waals surface area contributed by atoms with E-state index in [4.69, 9.17) is 4.74 Å². The number of hydrogen-bond acceptors (Lipinski definition) is 3. The Morgan fingerprint density at radius 2 is 2.18 bits per heavy atom. The molecule has 0 aromatic heterocycles. The number of ether oxygens (including phenoxy) is 1. The van der Waals surface area contributed by atoms with Crippen molar-refractivity contribution in [1.29, 1.82) is 0 Å². The van der Waals surface area contributed by atoms with Crippen molar-refractivity contribution in [3.63, 3.8) is 0 Å². The normalized spacial score (nSPS) is 15.0. The third kappa shape index (κ3) is 5.24. The average molecular weight is 236 g/mol. The zero-order valence-electron chi connectivity index (χ0n) is 10.7. The number of nitrogens with one attached hydrogen (secondary N) is 1. The van der Waals surface area contributed by atoms with Crippen LogP contribution in [0.1, 0.15) is 20.8 Å². The molecule has 94 valence electrons. The highest BCUT2D eigenvalue weighted by Gasteiger charge is 2.15. The number of carbonyl (C=O) groups is 1. The van der Waals surface area contributed by atoms with Crippen molar-refractivity contribution in [2.45, 2.75) is 26.4 Å². The standard InChI is InChI=1S/C13H20N2O2/c1-11-7-5-6-9-15(11)10-8-14-12(16)17-13(2,3)4/h5-7,9H,1,8,10H2,2-4H3,(H,14,16). The molecule has 1 amide bonds. The number of allylic oxidation sites excluding steroid dienone is 3. The molecule has 1 rings (SSSR count). The van der Waals surface area contributed by atoms with E-state index >= 15 is 0 Å². The van der Waals surface area contributed by atoms with E-state index in [1.54, 1.807) is 0 Å². The molecule has 0 radical (unpaired) electrons. The molecule has 0 spiro atoms. The second-order valence-electron chi connectivity index (χ2n) is 4.81.